The SMILES string of the molecule is O=C(O)C1CCCCC1C(=O)Nc1ccc(Nc2cnccn2)nc1-c1ccnc(N2CCNCC2)c1. The summed E-state index contributed by atoms with van der Waals surface area (Å²) in [5.41, 5.74) is 1.87. The Morgan fingerprint density at radius 2 is 1.78 bits per heavy atom. The normalized spacial score (nSPS) is 19.7. The molecule has 4 heterocycles. The summed E-state index contributed by atoms with van der Waals surface area (Å²) >= 11 is 0. The van der Waals surface area contributed by atoms with Gasteiger partial charge >= 0.3 is 5.97 Å². The molecule has 11 nitrogen and oxygen atoms in total. The highest BCUT2D eigenvalue weighted by Gasteiger charge is 2.36. The molecule has 1 saturated heterocycles. The lowest BCUT2D eigenvalue weighted by Gasteiger charge is -2.29. The number of carboxylic acids is 1. The fraction of sp³-hybridized carbons (Fsp3) is 0.385. The molecule has 2 unspecified atom stereocenters. The molecule has 37 heavy (non-hydrogen) atoms. The lowest BCUT2D eigenvalue weighted by Crippen LogP contribution is -2.43. The topological polar surface area (TPSA) is 145 Å². The molecule has 1 aliphatic carbocycles. The van der Waals surface area contributed by atoms with E-state index in [2.05, 4.69) is 35.8 Å². The van der Waals surface area contributed by atoms with E-state index in [1.54, 1.807) is 36.9 Å². The van der Waals surface area contributed by atoms with Gasteiger partial charge in [-0.25, -0.2) is 15.0 Å². The highest BCUT2D eigenvalue weighted by molar-refractivity contribution is 5.98. The Hall–Kier alpha value is -4.12. The molecule has 0 spiro atoms. The second-order valence-electron chi connectivity index (χ2n) is 9.27. The van der Waals surface area contributed by atoms with Gasteiger partial charge in [0.25, 0.3) is 0 Å². The van der Waals surface area contributed by atoms with Crippen LogP contribution in [0.1, 0.15) is 25.7 Å². The summed E-state index contributed by atoms with van der Waals surface area (Å²) < 4.78 is 0. The maximum absolute atomic E-state index is 13.3. The van der Waals surface area contributed by atoms with E-state index in [1.807, 2.05) is 12.1 Å². The minimum absolute atomic E-state index is 0.291. The molecule has 5 rings (SSSR count). The lowest BCUT2D eigenvalue weighted by atomic mass is 9.78. The van der Waals surface area contributed by atoms with Crippen LogP contribution in [0.2, 0.25) is 0 Å². The van der Waals surface area contributed by atoms with Gasteiger partial charge in [0.1, 0.15) is 17.5 Å². The number of anilines is 4. The van der Waals surface area contributed by atoms with Crippen molar-refractivity contribution in [3.05, 3.63) is 49.1 Å². The summed E-state index contributed by atoms with van der Waals surface area (Å²) in [6.07, 6.45) is 9.24. The summed E-state index contributed by atoms with van der Waals surface area (Å²) in [6, 6.07) is 7.36. The molecule has 3 aromatic heterocycles. The Bertz CT molecular complexity index is 1250. The molecule has 0 aromatic carbocycles. The predicted molar refractivity (Wildman–Crippen MR) is 140 cm³/mol. The van der Waals surface area contributed by atoms with Gasteiger partial charge in [0, 0.05) is 50.3 Å². The third-order valence-corrected chi connectivity index (χ3v) is 6.85. The third-order valence-electron chi connectivity index (χ3n) is 6.85. The van der Waals surface area contributed by atoms with Crippen LogP contribution in [0.15, 0.2) is 49.1 Å². The second-order valence-corrected chi connectivity index (χ2v) is 9.27. The minimum atomic E-state index is -0.920. The molecule has 192 valence electrons. The van der Waals surface area contributed by atoms with Crippen LogP contribution in [0.25, 0.3) is 11.3 Å². The number of rotatable bonds is 7. The van der Waals surface area contributed by atoms with Gasteiger partial charge in [-0.15, -0.1) is 0 Å². The average Bonchev–Trinajstić information content (AvgIpc) is 2.95. The number of nitrogens with zero attached hydrogens (tertiary/aromatic N) is 5. The van der Waals surface area contributed by atoms with Gasteiger partial charge in [0.05, 0.1) is 29.4 Å². The number of carbonyl (C=O) groups excluding carboxylic acids is 1. The van der Waals surface area contributed by atoms with Crippen LogP contribution in [0.3, 0.4) is 0 Å². The molecule has 2 atom stereocenters. The number of carbonyl (C=O) groups is 2. The third kappa shape index (κ3) is 5.83. The first kappa shape index (κ1) is 24.6. The highest BCUT2D eigenvalue weighted by Crippen LogP contribution is 2.34. The molecule has 0 bridgehead atoms. The van der Waals surface area contributed by atoms with E-state index in [9.17, 15) is 14.7 Å². The summed E-state index contributed by atoms with van der Waals surface area (Å²) in [6.45, 7) is 3.46. The zero-order valence-electron chi connectivity index (χ0n) is 20.4. The van der Waals surface area contributed by atoms with Crippen LogP contribution in [-0.2, 0) is 9.59 Å². The van der Waals surface area contributed by atoms with Crippen LogP contribution in [0.4, 0.5) is 23.1 Å². The molecule has 1 amide bonds. The van der Waals surface area contributed by atoms with Crippen LogP contribution in [0, 0.1) is 11.8 Å². The lowest BCUT2D eigenvalue weighted by molar-refractivity contribution is -0.147. The predicted octanol–water partition coefficient (Wildman–Crippen LogP) is 2.92. The van der Waals surface area contributed by atoms with Crippen molar-refractivity contribution in [3.8, 4) is 11.3 Å². The molecule has 4 N–H and O–H groups in total. The zero-order valence-corrected chi connectivity index (χ0v) is 20.4. The molecular weight excluding hydrogens is 472 g/mol. The molecule has 3 aromatic rings. The maximum Gasteiger partial charge on any atom is 0.307 e. The smallest absolute Gasteiger partial charge is 0.307 e. The van der Waals surface area contributed by atoms with Gasteiger partial charge < -0.3 is 26.0 Å². The minimum Gasteiger partial charge on any atom is -0.481 e. The van der Waals surface area contributed by atoms with Crippen molar-refractivity contribution in [1.82, 2.24) is 25.3 Å². The zero-order chi connectivity index (χ0) is 25.6. The van der Waals surface area contributed by atoms with Gasteiger partial charge in [-0.3, -0.25) is 14.6 Å². The monoisotopic (exact) mass is 502 g/mol. The number of pyridine rings is 2. The van der Waals surface area contributed by atoms with Gasteiger partial charge in [-0.1, -0.05) is 12.8 Å². The molecule has 1 saturated carbocycles. The Labute approximate surface area is 214 Å². The standard InChI is InChI=1S/C26H30N8O3/c35-25(18-3-1-2-4-19(18)26(36)37)31-20-5-6-21(32-22-16-28-9-10-29-22)33-24(20)17-7-8-30-23(15-17)34-13-11-27-12-14-34/h5-10,15-16,18-19,27H,1-4,11-14H2,(H,31,35)(H,36,37)(H,29,32,33). The van der Waals surface area contributed by atoms with Crippen molar-refractivity contribution in [2.24, 2.45) is 11.8 Å². The van der Waals surface area contributed by atoms with Crippen LogP contribution < -0.4 is 20.9 Å². The number of nitrogens with one attached hydrogen (secondary N) is 3. The van der Waals surface area contributed by atoms with E-state index in [-0.39, 0.29) is 5.91 Å². The van der Waals surface area contributed by atoms with Crippen molar-refractivity contribution >= 4 is 35.0 Å². The van der Waals surface area contributed by atoms with Crippen molar-refractivity contribution in [2.75, 3.05) is 41.7 Å². The van der Waals surface area contributed by atoms with Crippen molar-refractivity contribution < 1.29 is 14.7 Å². The first-order chi connectivity index (χ1) is 18.1. The van der Waals surface area contributed by atoms with Gasteiger partial charge in [0.2, 0.25) is 5.91 Å². The fourth-order valence-electron chi connectivity index (χ4n) is 4.94. The molecule has 2 fully saturated rings. The maximum atomic E-state index is 13.3. The van der Waals surface area contributed by atoms with Crippen LogP contribution in [0.5, 0.6) is 0 Å². The Balaban J connectivity index is 1.48. The number of hydrogen-bond donors (Lipinski definition) is 4. The molecule has 1 aliphatic heterocycles. The van der Waals surface area contributed by atoms with E-state index >= 15 is 0 Å². The number of aromatic nitrogens is 4. The Kier molecular flexibility index (Phi) is 7.50. The first-order valence-electron chi connectivity index (χ1n) is 12.6. The second kappa shape index (κ2) is 11.3. The Morgan fingerprint density at radius 3 is 2.54 bits per heavy atom. The number of carboxylic acid groups (broad SMARTS) is 1. The van der Waals surface area contributed by atoms with Crippen molar-refractivity contribution in [1.29, 1.82) is 0 Å². The van der Waals surface area contributed by atoms with Crippen molar-refractivity contribution in [3.63, 3.8) is 0 Å². The number of amides is 1. The van der Waals surface area contributed by atoms with Gasteiger partial charge in [-0.2, -0.15) is 0 Å². The Morgan fingerprint density at radius 1 is 0.973 bits per heavy atom. The molecular formula is C26H30N8O3. The average molecular weight is 503 g/mol. The summed E-state index contributed by atoms with van der Waals surface area (Å²) in [5.74, 6) is -0.551. The van der Waals surface area contributed by atoms with Crippen LogP contribution >= 0.6 is 0 Å². The summed E-state index contributed by atoms with van der Waals surface area (Å²) in [5, 5.41) is 19.1. The number of aliphatic carboxylic acids is 1. The van der Waals surface area contributed by atoms with Crippen LogP contribution in [-0.4, -0.2) is 63.1 Å². The highest BCUT2D eigenvalue weighted by atomic mass is 16.4. The van der Waals surface area contributed by atoms with E-state index < -0.39 is 17.8 Å². The number of piperazine rings is 1. The van der Waals surface area contributed by atoms with Crippen molar-refractivity contribution in [2.45, 2.75) is 25.7 Å². The molecule has 2 aliphatic rings. The molecule has 0 radical (unpaired) electrons. The summed E-state index contributed by atoms with van der Waals surface area (Å²) in [4.78, 5) is 45.0. The van der Waals surface area contributed by atoms with E-state index in [1.165, 1.54) is 0 Å². The molecule has 11 heteroatoms. The fourth-order valence-corrected chi connectivity index (χ4v) is 4.94. The van der Waals surface area contributed by atoms with E-state index in [0.29, 0.717) is 35.9 Å². The quantitative estimate of drug-likeness (QED) is 0.380. The van der Waals surface area contributed by atoms with E-state index in [0.717, 1.165) is 50.4 Å². The number of hydrogen-bond acceptors (Lipinski definition) is 9. The first-order valence-corrected chi connectivity index (χ1v) is 12.6. The summed E-state index contributed by atoms with van der Waals surface area (Å²) in [7, 11) is 0. The largest absolute Gasteiger partial charge is 0.481 e. The van der Waals surface area contributed by atoms with Gasteiger partial charge in [-0.05, 0) is 37.1 Å². The van der Waals surface area contributed by atoms with Gasteiger partial charge in [0.15, 0.2) is 0 Å². The van der Waals surface area contributed by atoms with E-state index in [4.69, 9.17) is 4.98 Å².